The average Bonchev–Trinajstić information content (AvgIpc) is 2.19. The zero-order valence-corrected chi connectivity index (χ0v) is 11.0. The van der Waals surface area contributed by atoms with Crippen LogP contribution in [0.1, 0.15) is 77.6 Å². The molecule has 0 fully saturated rings. The van der Waals surface area contributed by atoms with Crippen molar-refractivity contribution < 1.29 is 0 Å². The Bertz CT molecular complexity index is 141. The third-order valence-corrected chi connectivity index (χ3v) is 2.96. The average molecular weight is 229 g/mol. The smallest absolute Gasteiger partial charge is 0.115 e. The number of hydrogen-bond donors (Lipinski definition) is 3. The van der Waals surface area contributed by atoms with Gasteiger partial charge in [-0.15, -0.1) is 0 Å². The van der Waals surface area contributed by atoms with E-state index >= 15 is 0 Å². The van der Waals surface area contributed by atoms with Gasteiger partial charge >= 0.3 is 0 Å². The van der Waals surface area contributed by atoms with Crippen molar-refractivity contribution in [3.63, 3.8) is 0 Å². The zero-order valence-electron chi connectivity index (χ0n) is 11.0. The lowest BCUT2D eigenvalue weighted by Gasteiger charge is -2.17. The molecule has 0 aromatic carbocycles. The van der Waals surface area contributed by atoms with E-state index in [2.05, 4.69) is 6.92 Å². The van der Waals surface area contributed by atoms with Gasteiger partial charge in [0.1, 0.15) is 5.79 Å². The zero-order chi connectivity index (χ0) is 12.3. The second-order valence-electron chi connectivity index (χ2n) is 5.04. The van der Waals surface area contributed by atoms with Gasteiger partial charge in [0.25, 0.3) is 0 Å². The highest BCUT2D eigenvalue weighted by molar-refractivity contribution is 4.66. The highest BCUT2D eigenvalue weighted by atomic mass is 15.1. The molecule has 98 valence electrons. The van der Waals surface area contributed by atoms with Gasteiger partial charge < -0.3 is 17.2 Å². The van der Waals surface area contributed by atoms with Gasteiger partial charge in [0.15, 0.2) is 0 Å². The first-order valence-corrected chi connectivity index (χ1v) is 6.93. The molecule has 3 nitrogen and oxygen atoms in total. The summed E-state index contributed by atoms with van der Waals surface area (Å²) in [5.41, 5.74) is 16.5. The first-order valence-electron chi connectivity index (χ1n) is 6.93. The molecule has 0 aliphatic rings. The standard InChI is InChI=1S/C13H31N3/c1-2-3-4-5-6-7-8-9-10-11-12-13(14,15)16/h2-12,14-16H2,1H3. The molecule has 0 spiro atoms. The Balaban J connectivity index is 2.99. The summed E-state index contributed by atoms with van der Waals surface area (Å²) in [5, 5.41) is 0. The van der Waals surface area contributed by atoms with Crippen LogP contribution in [0.2, 0.25) is 0 Å². The normalized spacial score (nSPS) is 12.0. The first kappa shape index (κ1) is 15.9. The van der Waals surface area contributed by atoms with Crippen molar-refractivity contribution in [1.82, 2.24) is 0 Å². The van der Waals surface area contributed by atoms with Gasteiger partial charge in [-0.3, -0.25) is 0 Å². The summed E-state index contributed by atoms with van der Waals surface area (Å²) < 4.78 is 0. The second-order valence-corrected chi connectivity index (χ2v) is 5.04. The summed E-state index contributed by atoms with van der Waals surface area (Å²) >= 11 is 0. The van der Waals surface area contributed by atoms with E-state index in [-0.39, 0.29) is 0 Å². The molecule has 0 aliphatic carbocycles. The highest BCUT2D eigenvalue weighted by Gasteiger charge is 2.09. The molecule has 0 amide bonds. The predicted octanol–water partition coefficient (Wildman–Crippen LogP) is 2.83. The number of unbranched alkanes of at least 4 members (excludes halogenated alkanes) is 9. The maximum atomic E-state index is 5.50. The summed E-state index contributed by atoms with van der Waals surface area (Å²) in [6.45, 7) is 2.26. The van der Waals surface area contributed by atoms with E-state index in [0.717, 1.165) is 12.8 Å². The molecule has 0 aromatic rings. The largest absolute Gasteiger partial charge is 0.301 e. The van der Waals surface area contributed by atoms with Gasteiger partial charge in [0.05, 0.1) is 0 Å². The van der Waals surface area contributed by atoms with Gasteiger partial charge in [-0.2, -0.15) is 0 Å². The Hall–Kier alpha value is -0.120. The molecule has 16 heavy (non-hydrogen) atoms. The van der Waals surface area contributed by atoms with Crippen molar-refractivity contribution in [3.8, 4) is 0 Å². The van der Waals surface area contributed by atoms with E-state index in [1.807, 2.05) is 0 Å². The minimum atomic E-state index is -0.958. The van der Waals surface area contributed by atoms with Crippen LogP contribution in [0.5, 0.6) is 0 Å². The van der Waals surface area contributed by atoms with Gasteiger partial charge in [-0.25, -0.2) is 0 Å². The minimum Gasteiger partial charge on any atom is -0.301 e. The monoisotopic (exact) mass is 229 g/mol. The summed E-state index contributed by atoms with van der Waals surface area (Å²) in [6, 6.07) is 0. The van der Waals surface area contributed by atoms with Crippen molar-refractivity contribution in [3.05, 3.63) is 0 Å². The summed E-state index contributed by atoms with van der Waals surface area (Å²) in [6.07, 6.45) is 14.0. The molecule has 0 heterocycles. The van der Waals surface area contributed by atoms with Gasteiger partial charge in [0, 0.05) is 0 Å². The summed E-state index contributed by atoms with van der Waals surface area (Å²) in [7, 11) is 0. The predicted molar refractivity (Wildman–Crippen MR) is 71.8 cm³/mol. The van der Waals surface area contributed by atoms with E-state index in [1.54, 1.807) is 0 Å². The minimum absolute atomic E-state index is 0.726. The first-order chi connectivity index (χ1) is 7.56. The molecule has 3 heteroatoms. The molecular weight excluding hydrogens is 198 g/mol. The molecule has 0 aromatic heterocycles. The van der Waals surface area contributed by atoms with E-state index in [0.29, 0.717) is 0 Å². The van der Waals surface area contributed by atoms with E-state index < -0.39 is 5.79 Å². The topological polar surface area (TPSA) is 78.1 Å². The second kappa shape index (κ2) is 10.1. The molecular formula is C13H31N3. The van der Waals surface area contributed by atoms with Crippen molar-refractivity contribution in [1.29, 1.82) is 0 Å². The summed E-state index contributed by atoms with van der Waals surface area (Å²) in [5.74, 6) is -0.958. The van der Waals surface area contributed by atoms with Crippen LogP contribution in [0, 0.1) is 0 Å². The van der Waals surface area contributed by atoms with Crippen molar-refractivity contribution in [2.24, 2.45) is 17.2 Å². The molecule has 0 radical (unpaired) electrons. The maximum Gasteiger partial charge on any atom is 0.115 e. The highest BCUT2D eigenvalue weighted by Crippen LogP contribution is 2.11. The molecule has 0 rings (SSSR count). The Morgan fingerprint density at radius 2 is 1.00 bits per heavy atom. The van der Waals surface area contributed by atoms with E-state index in [9.17, 15) is 0 Å². The number of nitrogens with two attached hydrogens (primary N) is 3. The van der Waals surface area contributed by atoms with Gasteiger partial charge in [-0.05, 0) is 12.8 Å². The quantitative estimate of drug-likeness (QED) is 0.376. The Kier molecular flexibility index (Phi) is 9.99. The number of hydrogen-bond acceptors (Lipinski definition) is 3. The molecule has 6 N–H and O–H groups in total. The van der Waals surface area contributed by atoms with Gasteiger partial charge in [0.2, 0.25) is 0 Å². The lowest BCUT2D eigenvalue weighted by atomic mass is 10.0. The van der Waals surface area contributed by atoms with Crippen LogP contribution in [0.3, 0.4) is 0 Å². The lowest BCUT2D eigenvalue weighted by Crippen LogP contribution is -2.57. The molecule has 0 bridgehead atoms. The third-order valence-electron chi connectivity index (χ3n) is 2.96. The van der Waals surface area contributed by atoms with Crippen LogP contribution in [0.15, 0.2) is 0 Å². The fourth-order valence-electron chi connectivity index (χ4n) is 1.92. The van der Waals surface area contributed by atoms with Gasteiger partial charge in [-0.1, -0.05) is 64.7 Å². The van der Waals surface area contributed by atoms with Crippen molar-refractivity contribution in [2.75, 3.05) is 0 Å². The van der Waals surface area contributed by atoms with Crippen LogP contribution in [0.25, 0.3) is 0 Å². The fourth-order valence-corrected chi connectivity index (χ4v) is 1.92. The van der Waals surface area contributed by atoms with Crippen LogP contribution in [0.4, 0.5) is 0 Å². The lowest BCUT2D eigenvalue weighted by molar-refractivity contribution is 0.399. The fraction of sp³-hybridized carbons (Fsp3) is 1.00. The molecule has 0 saturated carbocycles. The van der Waals surface area contributed by atoms with Crippen LogP contribution in [-0.2, 0) is 0 Å². The van der Waals surface area contributed by atoms with Crippen LogP contribution >= 0.6 is 0 Å². The third kappa shape index (κ3) is 13.9. The molecule has 0 atom stereocenters. The van der Waals surface area contributed by atoms with Crippen LogP contribution < -0.4 is 17.2 Å². The van der Waals surface area contributed by atoms with E-state index in [1.165, 1.54) is 57.8 Å². The Morgan fingerprint density at radius 3 is 1.38 bits per heavy atom. The number of rotatable bonds is 11. The Labute approximate surface area is 101 Å². The summed E-state index contributed by atoms with van der Waals surface area (Å²) in [4.78, 5) is 0. The maximum absolute atomic E-state index is 5.50. The molecule has 0 saturated heterocycles. The van der Waals surface area contributed by atoms with Crippen molar-refractivity contribution in [2.45, 2.75) is 83.3 Å². The Morgan fingerprint density at radius 1 is 0.625 bits per heavy atom. The van der Waals surface area contributed by atoms with Crippen molar-refractivity contribution >= 4 is 0 Å². The molecule has 0 aliphatic heterocycles. The SMILES string of the molecule is CCCCCCCCCCCCC(N)(N)N. The van der Waals surface area contributed by atoms with E-state index in [4.69, 9.17) is 17.2 Å². The van der Waals surface area contributed by atoms with Crippen LogP contribution in [-0.4, -0.2) is 5.79 Å². The molecule has 0 unspecified atom stereocenters.